The average molecular weight is 125 g/mol. The Kier molecular flexibility index (Phi) is 5.18. The van der Waals surface area contributed by atoms with E-state index in [9.17, 15) is 0 Å². The molecule has 1 heteroatoms. The molecular weight excluding hydrogens is 110 g/mol. The van der Waals surface area contributed by atoms with Crippen LogP contribution in [0.5, 0.6) is 0 Å². The van der Waals surface area contributed by atoms with E-state index < -0.39 is 0 Å². The SMILES string of the molecule is CC/C=C/CC(C)C=N. The molecular formula is C8H15N. The van der Waals surface area contributed by atoms with Gasteiger partial charge in [0.15, 0.2) is 0 Å². The van der Waals surface area contributed by atoms with Crippen LogP contribution in [0.4, 0.5) is 0 Å². The maximum Gasteiger partial charge on any atom is -0.00164 e. The molecule has 0 spiro atoms. The van der Waals surface area contributed by atoms with E-state index in [2.05, 4.69) is 19.1 Å². The van der Waals surface area contributed by atoms with Crippen LogP contribution < -0.4 is 0 Å². The quantitative estimate of drug-likeness (QED) is 0.441. The minimum Gasteiger partial charge on any atom is -0.313 e. The molecule has 0 aliphatic carbocycles. The minimum atomic E-state index is 0.410. The lowest BCUT2D eigenvalue weighted by Crippen LogP contribution is -1.90. The molecule has 0 aliphatic rings. The summed E-state index contributed by atoms with van der Waals surface area (Å²) in [6.07, 6.45) is 7.87. The molecule has 0 amide bonds. The first-order chi connectivity index (χ1) is 4.31. The Hall–Kier alpha value is -0.590. The zero-order valence-electron chi connectivity index (χ0n) is 6.22. The number of hydrogen-bond acceptors (Lipinski definition) is 1. The summed E-state index contributed by atoms with van der Waals surface area (Å²) in [4.78, 5) is 0. The Bertz CT molecular complexity index is 94.7. The van der Waals surface area contributed by atoms with Crippen LogP contribution in [0.25, 0.3) is 0 Å². The van der Waals surface area contributed by atoms with Gasteiger partial charge in [0.05, 0.1) is 0 Å². The molecule has 1 N–H and O–H groups in total. The van der Waals surface area contributed by atoms with Crippen molar-refractivity contribution in [3.05, 3.63) is 12.2 Å². The molecule has 0 fully saturated rings. The first-order valence-electron chi connectivity index (χ1n) is 3.46. The standard InChI is InChI=1S/C8H15N/c1-3-4-5-6-8(2)7-9/h4-5,7-9H,3,6H2,1-2H3/b5-4+,9-7?. The maximum absolute atomic E-state index is 6.89. The van der Waals surface area contributed by atoms with Gasteiger partial charge in [-0.2, -0.15) is 0 Å². The predicted molar refractivity (Wildman–Crippen MR) is 42.0 cm³/mol. The fourth-order valence-electron chi connectivity index (χ4n) is 0.546. The van der Waals surface area contributed by atoms with Crippen molar-refractivity contribution in [3.8, 4) is 0 Å². The lowest BCUT2D eigenvalue weighted by Gasteiger charge is -1.95. The fourth-order valence-corrected chi connectivity index (χ4v) is 0.546. The van der Waals surface area contributed by atoms with Crippen molar-refractivity contribution in [1.29, 1.82) is 5.41 Å². The summed E-state index contributed by atoms with van der Waals surface area (Å²) >= 11 is 0. The van der Waals surface area contributed by atoms with E-state index in [-0.39, 0.29) is 0 Å². The van der Waals surface area contributed by atoms with Gasteiger partial charge in [0.2, 0.25) is 0 Å². The fraction of sp³-hybridized carbons (Fsp3) is 0.625. The van der Waals surface area contributed by atoms with Gasteiger partial charge in [-0.3, -0.25) is 0 Å². The Morgan fingerprint density at radius 2 is 2.11 bits per heavy atom. The Morgan fingerprint density at radius 3 is 2.56 bits per heavy atom. The Balaban J connectivity index is 3.25. The molecule has 0 heterocycles. The molecule has 1 nitrogen and oxygen atoms in total. The zero-order chi connectivity index (χ0) is 7.11. The van der Waals surface area contributed by atoms with Crippen LogP contribution in [-0.4, -0.2) is 6.21 Å². The summed E-state index contributed by atoms with van der Waals surface area (Å²) < 4.78 is 0. The molecule has 1 atom stereocenters. The van der Waals surface area contributed by atoms with Crippen molar-refractivity contribution in [2.24, 2.45) is 5.92 Å². The highest BCUT2D eigenvalue weighted by molar-refractivity contribution is 5.56. The third-order valence-electron chi connectivity index (χ3n) is 1.19. The van der Waals surface area contributed by atoms with E-state index in [0.717, 1.165) is 12.8 Å². The summed E-state index contributed by atoms with van der Waals surface area (Å²) in [6, 6.07) is 0. The number of hydrogen-bond donors (Lipinski definition) is 1. The van der Waals surface area contributed by atoms with Gasteiger partial charge in [-0.25, -0.2) is 0 Å². The van der Waals surface area contributed by atoms with Crippen molar-refractivity contribution in [3.63, 3.8) is 0 Å². The molecule has 0 saturated heterocycles. The number of nitrogens with one attached hydrogen (secondary N) is 1. The highest BCUT2D eigenvalue weighted by Crippen LogP contribution is 1.98. The first kappa shape index (κ1) is 8.41. The van der Waals surface area contributed by atoms with E-state index in [1.165, 1.54) is 6.21 Å². The summed E-state index contributed by atoms with van der Waals surface area (Å²) in [6.45, 7) is 4.17. The van der Waals surface area contributed by atoms with Crippen LogP contribution >= 0.6 is 0 Å². The van der Waals surface area contributed by atoms with Gasteiger partial charge in [0.1, 0.15) is 0 Å². The number of rotatable bonds is 4. The minimum absolute atomic E-state index is 0.410. The Morgan fingerprint density at radius 1 is 1.44 bits per heavy atom. The second kappa shape index (κ2) is 5.54. The second-order valence-electron chi connectivity index (χ2n) is 2.26. The van der Waals surface area contributed by atoms with Crippen LogP contribution in [-0.2, 0) is 0 Å². The molecule has 9 heavy (non-hydrogen) atoms. The van der Waals surface area contributed by atoms with Gasteiger partial charge in [0.25, 0.3) is 0 Å². The lowest BCUT2D eigenvalue weighted by molar-refractivity contribution is 0.801. The molecule has 0 aromatic heterocycles. The highest BCUT2D eigenvalue weighted by Gasteiger charge is 1.89. The van der Waals surface area contributed by atoms with Crippen LogP contribution in [0.15, 0.2) is 12.2 Å². The van der Waals surface area contributed by atoms with Crippen molar-refractivity contribution in [2.45, 2.75) is 26.7 Å². The van der Waals surface area contributed by atoms with Gasteiger partial charge in [-0.05, 0) is 25.0 Å². The van der Waals surface area contributed by atoms with Crippen LogP contribution in [0.3, 0.4) is 0 Å². The smallest absolute Gasteiger partial charge is 0.00164 e. The summed E-state index contributed by atoms with van der Waals surface area (Å²) in [5.41, 5.74) is 0. The van der Waals surface area contributed by atoms with E-state index >= 15 is 0 Å². The van der Waals surface area contributed by atoms with E-state index in [0.29, 0.717) is 5.92 Å². The number of allylic oxidation sites excluding steroid dienone is 2. The summed E-state index contributed by atoms with van der Waals surface area (Å²) in [7, 11) is 0. The van der Waals surface area contributed by atoms with Crippen molar-refractivity contribution in [2.75, 3.05) is 0 Å². The molecule has 0 aliphatic heterocycles. The molecule has 0 radical (unpaired) electrons. The molecule has 0 aromatic carbocycles. The Labute approximate surface area is 57.3 Å². The summed E-state index contributed by atoms with van der Waals surface area (Å²) in [5, 5.41) is 6.89. The van der Waals surface area contributed by atoms with Crippen LogP contribution in [0.2, 0.25) is 0 Å². The van der Waals surface area contributed by atoms with E-state index in [4.69, 9.17) is 5.41 Å². The van der Waals surface area contributed by atoms with Gasteiger partial charge < -0.3 is 5.41 Å². The average Bonchev–Trinajstić information content (AvgIpc) is 1.89. The van der Waals surface area contributed by atoms with E-state index in [1.54, 1.807) is 0 Å². The van der Waals surface area contributed by atoms with Crippen molar-refractivity contribution < 1.29 is 0 Å². The van der Waals surface area contributed by atoms with Gasteiger partial charge in [0, 0.05) is 0 Å². The second-order valence-corrected chi connectivity index (χ2v) is 2.26. The molecule has 52 valence electrons. The molecule has 0 bridgehead atoms. The molecule has 0 aromatic rings. The third-order valence-corrected chi connectivity index (χ3v) is 1.19. The van der Waals surface area contributed by atoms with Crippen LogP contribution in [0.1, 0.15) is 26.7 Å². The highest BCUT2D eigenvalue weighted by atomic mass is 14.3. The van der Waals surface area contributed by atoms with Gasteiger partial charge in [-0.1, -0.05) is 26.0 Å². The van der Waals surface area contributed by atoms with Crippen LogP contribution in [0, 0.1) is 11.3 Å². The zero-order valence-corrected chi connectivity index (χ0v) is 6.22. The van der Waals surface area contributed by atoms with Crippen molar-refractivity contribution >= 4 is 6.21 Å². The molecule has 0 saturated carbocycles. The topological polar surface area (TPSA) is 23.9 Å². The van der Waals surface area contributed by atoms with Crippen molar-refractivity contribution in [1.82, 2.24) is 0 Å². The van der Waals surface area contributed by atoms with Gasteiger partial charge in [-0.15, -0.1) is 0 Å². The summed E-state index contributed by atoms with van der Waals surface area (Å²) in [5.74, 6) is 0.410. The van der Waals surface area contributed by atoms with Gasteiger partial charge >= 0.3 is 0 Å². The third kappa shape index (κ3) is 5.28. The normalized spacial score (nSPS) is 14.0. The maximum atomic E-state index is 6.89. The first-order valence-corrected chi connectivity index (χ1v) is 3.46. The molecule has 1 unspecified atom stereocenters. The monoisotopic (exact) mass is 125 g/mol. The predicted octanol–water partition coefficient (Wildman–Crippen LogP) is 2.63. The molecule has 0 rings (SSSR count). The lowest BCUT2D eigenvalue weighted by atomic mass is 10.1. The van der Waals surface area contributed by atoms with E-state index in [1.807, 2.05) is 6.92 Å². The largest absolute Gasteiger partial charge is 0.313 e.